The molecule has 2 aromatic heterocycles. The quantitative estimate of drug-likeness (QED) is 0.143. The number of ether oxygens (including phenoxy) is 1. The van der Waals surface area contributed by atoms with E-state index in [0.29, 0.717) is 46.2 Å². The summed E-state index contributed by atoms with van der Waals surface area (Å²) in [6.07, 6.45) is 1.50. The van der Waals surface area contributed by atoms with Crippen LogP contribution < -0.4 is 10.6 Å². The Morgan fingerprint density at radius 1 is 0.825 bits per heavy atom. The molecule has 0 amide bonds. The molecule has 0 spiro atoms. The molecule has 0 bridgehead atoms. The standard InChI is InChI=1S/C15H18N2O3S.C13H14N2O3S/c1-3-20-14(19)13-10(2)17-15(21-13)16-8-7-11-5-4-6-12(18)9-11;1-8-11(12(17)18)19-13(15-8)14-6-5-9-3-2-4-10(16)7-9/h4-6,9,18H,3,7-8H2,1-2H3,(H,16,17);2-4,7,16H,5-6H2,1H3,(H,14,15)(H,17,18). The van der Waals surface area contributed by atoms with Crippen LogP contribution in [-0.2, 0) is 17.6 Å². The number of benzene rings is 2. The average molecular weight is 585 g/mol. The lowest BCUT2D eigenvalue weighted by Crippen LogP contribution is -2.04. The van der Waals surface area contributed by atoms with E-state index in [1.54, 1.807) is 51.1 Å². The zero-order valence-corrected chi connectivity index (χ0v) is 24.1. The summed E-state index contributed by atoms with van der Waals surface area (Å²) in [6, 6.07) is 14.2. The van der Waals surface area contributed by atoms with Crippen molar-refractivity contribution in [3.8, 4) is 11.5 Å². The number of esters is 1. The van der Waals surface area contributed by atoms with Crippen LogP contribution in [0.1, 0.15) is 48.8 Å². The lowest BCUT2D eigenvalue weighted by Gasteiger charge is -2.03. The number of aromatic hydroxyl groups is 2. The van der Waals surface area contributed by atoms with Gasteiger partial charge in [0.2, 0.25) is 0 Å². The molecule has 40 heavy (non-hydrogen) atoms. The third-order valence-electron chi connectivity index (χ3n) is 5.45. The molecule has 212 valence electrons. The lowest BCUT2D eigenvalue weighted by atomic mass is 10.1. The summed E-state index contributed by atoms with van der Waals surface area (Å²) in [7, 11) is 0. The number of anilines is 2. The topological polar surface area (TPSA) is 154 Å². The van der Waals surface area contributed by atoms with Crippen molar-refractivity contribution in [3.05, 3.63) is 80.8 Å². The second-order valence-electron chi connectivity index (χ2n) is 8.59. The van der Waals surface area contributed by atoms with Crippen LogP contribution >= 0.6 is 22.7 Å². The average Bonchev–Trinajstić information content (AvgIpc) is 3.46. The second-order valence-corrected chi connectivity index (χ2v) is 10.6. The summed E-state index contributed by atoms with van der Waals surface area (Å²) in [5, 5.41) is 35.3. The first kappa shape index (κ1) is 30.4. The maximum Gasteiger partial charge on any atom is 0.350 e. The largest absolute Gasteiger partial charge is 0.508 e. The van der Waals surface area contributed by atoms with E-state index in [2.05, 4.69) is 20.6 Å². The summed E-state index contributed by atoms with van der Waals surface area (Å²) in [6.45, 7) is 6.93. The van der Waals surface area contributed by atoms with Gasteiger partial charge in [0.1, 0.15) is 21.3 Å². The Morgan fingerprint density at radius 3 is 1.73 bits per heavy atom. The zero-order valence-electron chi connectivity index (χ0n) is 22.4. The number of thiazole rings is 2. The van der Waals surface area contributed by atoms with Crippen LogP contribution in [0.2, 0.25) is 0 Å². The fourth-order valence-corrected chi connectivity index (χ4v) is 5.30. The normalized spacial score (nSPS) is 10.4. The molecular formula is C28H32N4O6S2. The highest BCUT2D eigenvalue weighted by Gasteiger charge is 2.16. The second kappa shape index (κ2) is 14.8. The Bertz CT molecular complexity index is 1440. The maximum atomic E-state index is 11.7. The zero-order chi connectivity index (χ0) is 29.1. The Balaban J connectivity index is 0.000000222. The van der Waals surface area contributed by atoms with Gasteiger partial charge in [-0.1, -0.05) is 46.9 Å². The van der Waals surface area contributed by atoms with Crippen molar-refractivity contribution in [2.75, 3.05) is 30.3 Å². The molecule has 0 unspecified atom stereocenters. The van der Waals surface area contributed by atoms with Crippen molar-refractivity contribution in [1.82, 2.24) is 9.97 Å². The summed E-state index contributed by atoms with van der Waals surface area (Å²) < 4.78 is 4.98. The molecule has 2 heterocycles. The number of aromatic nitrogens is 2. The van der Waals surface area contributed by atoms with Crippen LogP contribution in [0, 0.1) is 13.8 Å². The monoisotopic (exact) mass is 584 g/mol. The molecule has 0 aliphatic rings. The Kier molecular flexibility index (Phi) is 11.3. The SMILES string of the molecule is CCOC(=O)c1sc(NCCc2cccc(O)c2)nc1C.Cc1nc(NCCc2cccc(O)c2)sc1C(=O)O. The first-order chi connectivity index (χ1) is 19.2. The van der Waals surface area contributed by atoms with Crippen molar-refractivity contribution < 1.29 is 29.6 Å². The van der Waals surface area contributed by atoms with Gasteiger partial charge < -0.3 is 30.7 Å². The molecule has 12 heteroatoms. The summed E-state index contributed by atoms with van der Waals surface area (Å²) >= 11 is 2.43. The molecule has 0 atom stereocenters. The van der Waals surface area contributed by atoms with E-state index in [0.717, 1.165) is 35.3 Å². The fraction of sp³-hybridized carbons (Fsp3) is 0.286. The summed E-state index contributed by atoms with van der Waals surface area (Å²) in [5.74, 6) is -0.762. The molecule has 0 aliphatic carbocycles. The molecule has 0 saturated heterocycles. The minimum atomic E-state index is -0.948. The van der Waals surface area contributed by atoms with Gasteiger partial charge in [-0.15, -0.1) is 0 Å². The van der Waals surface area contributed by atoms with Gasteiger partial charge in [0.15, 0.2) is 10.3 Å². The number of aromatic carboxylic acids is 1. The van der Waals surface area contributed by atoms with Crippen molar-refractivity contribution in [2.45, 2.75) is 33.6 Å². The van der Waals surface area contributed by atoms with Gasteiger partial charge >= 0.3 is 11.9 Å². The Labute approximate surface area is 240 Å². The van der Waals surface area contributed by atoms with Gasteiger partial charge in [-0.05, 0) is 69.0 Å². The van der Waals surface area contributed by atoms with E-state index < -0.39 is 5.97 Å². The van der Waals surface area contributed by atoms with Crippen LogP contribution in [0.3, 0.4) is 0 Å². The van der Waals surface area contributed by atoms with Crippen molar-refractivity contribution in [3.63, 3.8) is 0 Å². The fourth-order valence-electron chi connectivity index (χ4n) is 3.58. The highest BCUT2D eigenvalue weighted by atomic mass is 32.1. The number of hydrogen-bond acceptors (Lipinski definition) is 11. The molecule has 0 radical (unpaired) electrons. The smallest absolute Gasteiger partial charge is 0.350 e. The third kappa shape index (κ3) is 9.24. The molecular weight excluding hydrogens is 552 g/mol. The van der Waals surface area contributed by atoms with Crippen molar-refractivity contribution in [2.24, 2.45) is 0 Å². The molecule has 4 rings (SSSR count). The van der Waals surface area contributed by atoms with Crippen LogP contribution in [-0.4, -0.2) is 56.9 Å². The molecule has 0 fully saturated rings. The molecule has 0 aliphatic heterocycles. The van der Waals surface area contributed by atoms with Gasteiger partial charge in [-0.2, -0.15) is 0 Å². The van der Waals surface area contributed by atoms with Crippen LogP contribution in [0.25, 0.3) is 0 Å². The van der Waals surface area contributed by atoms with E-state index in [4.69, 9.17) is 9.84 Å². The van der Waals surface area contributed by atoms with E-state index >= 15 is 0 Å². The van der Waals surface area contributed by atoms with E-state index in [9.17, 15) is 19.8 Å². The number of phenols is 2. The number of rotatable bonds is 11. The van der Waals surface area contributed by atoms with Crippen molar-refractivity contribution in [1.29, 1.82) is 0 Å². The molecule has 2 aromatic carbocycles. The van der Waals surface area contributed by atoms with Crippen LogP contribution in [0.4, 0.5) is 10.3 Å². The molecule has 4 aromatic rings. The van der Waals surface area contributed by atoms with Crippen LogP contribution in [0.15, 0.2) is 48.5 Å². The lowest BCUT2D eigenvalue weighted by molar-refractivity contribution is 0.0530. The minimum Gasteiger partial charge on any atom is -0.508 e. The molecule has 5 N–H and O–H groups in total. The predicted octanol–water partition coefficient (Wildman–Crippen LogP) is 5.50. The van der Waals surface area contributed by atoms with Gasteiger partial charge in [0, 0.05) is 13.1 Å². The Hall–Kier alpha value is -4.16. The van der Waals surface area contributed by atoms with E-state index in [1.165, 1.54) is 11.3 Å². The van der Waals surface area contributed by atoms with E-state index in [1.807, 2.05) is 18.2 Å². The number of carboxylic acid groups (broad SMARTS) is 1. The van der Waals surface area contributed by atoms with Gasteiger partial charge in [-0.3, -0.25) is 0 Å². The van der Waals surface area contributed by atoms with Gasteiger partial charge in [-0.25, -0.2) is 19.6 Å². The number of carboxylic acids is 1. The number of aryl methyl sites for hydroxylation is 2. The number of nitrogens with zero attached hydrogens (tertiary/aromatic N) is 2. The summed E-state index contributed by atoms with van der Waals surface area (Å²) in [5.41, 5.74) is 3.26. The first-order valence-electron chi connectivity index (χ1n) is 12.5. The highest BCUT2D eigenvalue weighted by Crippen LogP contribution is 2.24. The number of carbonyl (C=O) groups excluding carboxylic acids is 1. The van der Waals surface area contributed by atoms with Crippen LogP contribution in [0.5, 0.6) is 11.5 Å². The maximum absolute atomic E-state index is 11.7. The first-order valence-corrected chi connectivity index (χ1v) is 14.2. The number of phenolic OH excluding ortho intramolecular Hbond substituents is 2. The predicted molar refractivity (Wildman–Crippen MR) is 157 cm³/mol. The molecule has 10 nitrogen and oxygen atoms in total. The van der Waals surface area contributed by atoms with Crippen molar-refractivity contribution >= 4 is 44.9 Å². The van der Waals surface area contributed by atoms with Gasteiger partial charge in [0.25, 0.3) is 0 Å². The number of hydrogen-bond donors (Lipinski definition) is 5. The van der Waals surface area contributed by atoms with E-state index in [-0.39, 0.29) is 22.3 Å². The number of nitrogens with one attached hydrogen (secondary N) is 2. The van der Waals surface area contributed by atoms with Gasteiger partial charge in [0.05, 0.1) is 18.0 Å². The third-order valence-corrected chi connectivity index (χ3v) is 7.65. The minimum absolute atomic E-state index is 0.246. The highest BCUT2D eigenvalue weighted by molar-refractivity contribution is 7.17. The Morgan fingerprint density at radius 2 is 1.30 bits per heavy atom. The summed E-state index contributed by atoms with van der Waals surface area (Å²) in [4.78, 5) is 31.9. The molecule has 0 saturated carbocycles. The number of carbonyl (C=O) groups is 2.